The van der Waals surface area contributed by atoms with Crippen molar-refractivity contribution in [1.29, 1.82) is 0 Å². The van der Waals surface area contributed by atoms with E-state index in [1.165, 1.54) is 7.11 Å². The topological polar surface area (TPSA) is 116 Å². The van der Waals surface area contributed by atoms with Crippen LogP contribution in [0.15, 0.2) is 42.5 Å². The first kappa shape index (κ1) is 22.6. The van der Waals surface area contributed by atoms with Gasteiger partial charge in [-0.05, 0) is 37.1 Å². The van der Waals surface area contributed by atoms with Gasteiger partial charge in [0.1, 0.15) is 11.5 Å². The number of nitrogens with zero attached hydrogens (tertiary/aromatic N) is 1. The van der Waals surface area contributed by atoms with Crippen LogP contribution in [0.3, 0.4) is 0 Å². The first-order valence-electron chi connectivity index (χ1n) is 9.26. The first-order chi connectivity index (χ1) is 14.4. The molecule has 0 spiro atoms. The number of halogens is 2. The number of carbonyl (C=O) groups excluding carboxylic acids is 2. The van der Waals surface area contributed by atoms with Crippen LogP contribution in [-0.2, 0) is 0 Å². The predicted molar refractivity (Wildman–Crippen MR) is 124 cm³/mol. The van der Waals surface area contributed by atoms with Crippen LogP contribution < -0.4 is 25.8 Å². The normalized spacial score (nSPS) is 12.6. The van der Waals surface area contributed by atoms with Gasteiger partial charge in [0.15, 0.2) is 0 Å². The molecule has 1 fully saturated rings. The van der Waals surface area contributed by atoms with Gasteiger partial charge in [-0.1, -0.05) is 11.6 Å². The number of pyridine rings is 1. The Hall–Kier alpha value is -3.04. The molecule has 162 valence electrons. The first-order valence-corrected chi connectivity index (χ1v) is 9.64. The van der Waals surface area contributed by atoms with Crippen molar-refractivity contribution >= 4 is 57.1 Å². The van der Waals surface area contributed by atoms with Crippen molar-refractivity contribution in [2.45, 2.75) is 18.9 Å². The Labute approximate surface area is 193 Å². The Kier molecular flexibility index (Phi) is 6.87. The van der Waals surface area contributed by atoms with Gasteiger partial charge in [-0.2, -0.15) is 0 Å². The highest BCUT2D eigenvalue weighted by atomic mass is 79.9. The molecule has 0 radical (unpaired) electrons. The smallest absolute Gasteiger partial charge is 0.319 e. The zero-order valence-electron chi connectivity index (χ0n) is 16.5. The number of nitrogens with two attached hydrogens (primary N) is 1. The van der Waals surface area contributed by atoms with Crippen molar-refractivity contribution in [2.24, 2.45) is 5.73 Å². The molecule has 10 heteroatoms. The highest BCUT2D eigenvalue weighted by molar-refractivity contribution is 8.93. The second kappa shape index (κ2) is 9.40. The molecule has 0 saturated heterocycles. The Balaban J connectivity index is 0.00000272. The summed E-state index contributed by atoms with van der Waals surface area (Å²) in [5.41, 5.74) is 6.73. The Morgan fingerprint density at radius 3 is 2.58 bits per heavy atom. The maximum absolute atomic E-state index is 11.9. The number of amides is 3. The molecule has 1 aromatic heterocycles. The van der Waals surface area contributed by atoms with Gasteiger partial charge < -0.3 is 25.8 Å². The van der Waals surface area contributed by atoms with Crippen molar-refractivity contribution < 1.29 is 19.1 Å². The molecule has 1 heterocycles. The van der Waals surface area contributed by atoms with Crippen LogP contribution in [0.1, 0.15) is 23.2 Å². The Morgan fingerprint density at radius 1 is 1.16 bits per heavy atom. The second-order valence-corrected chi connectivity index (χ2v) is 7.28. The van der Waals surface area contributed by atoms with Crippen LogP contribution in [-0.4, -0.2) is 30.1 Å². The number of urea groups is 1. The molecule has 4 rings (SSSR count). The second-order valence-electron chi connectivity index (χ2n) is 6.88. The van der Waals surface area contributed by atoms with Crippen LogP contribution in [0, 0.1) is 0 Å². The van der Waals surface area contributed by atoms with E-state index >= 15 is 0 Å². The summed E-state index contributed by atoms with van der Waals surface area (Å²) in [5.74, 6) is 0.547. The summed E-state index contributed by atoms with van der Waals surface area (Å²) in [4.78, 5) is 27.9. The SMILES string of the molecule is Br.COc1cc2nc(Oc3ccc(NC(=O)NC4CC4)c(Cl)c3)ccc2cc1C(N)=O. The summed E-state index contributed by atoms with van der Waals surface area (Å²) in [6.07, 6.45) is 2.00. The number of rotatable bonds is 6. The summed E-state index contributed by atoms with van der Waals surface area (Å²) >= 11 is 6.27. The number of methoxy groups -OCH3 is 1. The maximum atomic E-state index is 11.9. The number of aromatic nitrogens is 1. The summed E-state index contributed by atoms with van der Waals surface area (Å²) in [6, 6.07) is 11.6. The Bertz CT molecular complexity index is 1150. The highest BCUT2D eigenvalue weighted by Gasteiger charge is 2.23. The largest absolute Gasteiger partial charge is 0.496 e. The molecule has 1 saturated carbocycles. The molecule has 0 bridgehead atoms. The third-order valence-electron chi connectivity index (χ3n) is 4.57. The van der Waals surface area contributed by atoms with E-state index in [9.17, 15) is 9.59 Å². The van der Waals surface area contributed by atoms with Crippen LogP contribution in [0.25, 0.3) is 10.9 Å². The predicted octanol–water partition coefficient (Wildman–Crippen LogP) is 4.65. The fourth-order valence-electron chi connectivity index (χ4n) is 2.90. The van der Waals surface area contributed by atoms with Crippen molar-refractivity contribution in [3.63, 3.8) is 0 Å². The van der Waals surface area contributed by atoms with Gasteiger partial charge in [0.2, 0.25) is 5.88 Å². The molecular weight excluding hydrogens is 488 g/mol. The number of hydrogen-bond acceptors (Lipinski definition) is 5. The molecule has 2 aromatic carbocycles. The fourth-order valence-corrected chi connectivity index (χ4v) is 3.12. The van der Waals surface area contributed by atoms with Gasteiger partial charge in [0, 0.05) is 29.6 Å². The number of benzene rings is 2. The molecule has 3 amide bonds. The van der Waals surface area contributed by atoms with E-state index in [0.717, 1.165) is 18.2 Å². The molecule has 8 nitrogen and oxygen atoms in total. The fraction of sp³-hybridized carbons (Fsp3) is 0.190. The number of ether oxygens (including phenoxy) is 2. The van der Waals surface area contributed by atoms with Crippen LogP contribution in [0.4, 0.5) is 10.5 Å². The maximum Gasteiger partial charge on any atom is 0.319 e. The van der Waals surface area contributed by atoms with Crippen molar-refractivity contribution in [3.8, 4) is 17.4 Å². The van der Waals surface area contributed by atoms with Gasteiger partial charge in [0.05, 0.1) is 28.9 Å². The number of hydrogen-bond donors (Lipinski definition) is 3. The molecule has 4 N–H and O–H groups in total. The molecule has 31 heavy (non-hydrogen) atoms. The van der Waals surface area contributed by atoms with Gasteiger partial charge in [-0.15, -0.1) is 17.0 Å². The summed E-state index contributed by atoms with van der Waals surface area (Å²) in [7, 11) is 1.45. The molecule has 0 aliphatic heterocycles. The van der Waals surface area contributed by atoms with Crippen LogP contribution >= 0.6 is 28.6 Å². The molecule has 1 aliphatic rings. The standard InChI is InChI=1S/C21H19ClN4O4.BrH/c1-29-18-10-17-11(8-14(18)20(23)27)2-7-19(25-17)30-13-5-6-16(15(22)9-13)26-21(28)24-12-3-4-12;/h2,5-10,12H,3-4H2,1H3,(H2,23,27)(H2,24,26,28);1H. The minimum absolute atomic E-state index is 0. The third kappa shape index (κ3) is 5.36. The quantitative estimate of drug-likeness (QED) is 0.449. The van der Waals surface area contributed by atoms with E-state index in [-0.39, 0.29) is 34.6 Å². The van der Waals surface area contributed by atoms with Crippen LogP contribution in [0.5, 0.6) is 17.4 Å². The van der Waals surface area contributed by atoms with E-state index in [2.05, 4.69) is 15.6 Å². The van der Waals surface area contributed by atoms with E-state index < -0.39 is 5.91 Å². The number of nitrogens with one attached hydrogen (secondary N) is 2. The third-order valence-corrected chi connectivity index (χ3v) is 4.89. The van der Waals surface area contributed by atoms with Gasteiger partial charge in [-0.25, -0.2) is 9.78 Å². The lowest BCUT2D eigenvalue weighted by atomic mass is 10.1. The van der Waals surface area contributed by atoms with E-state index in [0.29, 0.717) is 33.6 Å². The molecule has 0 unspecified atom stereocenters. The monoisotopic (exact) mass is 506 g/mol. The average molecular weight is 508 g/mol. The van der Waals surface area contributed by atoms with Crippen molar-refractivity contribution in [3.05, 3.63) is 53.1 Å². The number of anilines is 1. The Morgan fingerprint density at radius 2 is 1.94 bits per heavy atom. The van der Waals surface area contributed by atoms with Gasteiger partial charge in [-0.3, -0.25) is 4.79 Å². The van der Waals surface area contributed by atoms with Gasteiger partial charge in [0.25, 0.3) is 5.91 Å². The van der Waals surface area contributed by atoms with Crippen LogP contribution in [0.2, 0.25) is 5.02 Å². The van der Waals surface area contributed by atoms with Gasteiger partial charge >= 0.3 is 6.03 Å². The molecule has 3 aromatic rings. The summed E-state index contributed by atoms with van der Waals surface area (Å²) < 4.78 is 11.0. The highest BCUT2D eigenvalue weighted by Crippen LogP contribution is 2.31. The summed E-state index contributed by atoms with van der Waals surface area (Å²) in [5, 5.41) is 6.61. The number of fused-ring (bicyclic) bond motifs is 1. The number of carbonyl (C=O) groups is 2. The lowest BCUT2D eigenvalue weighted by molar-refractivity contribution is 0.0997. The van der Waals surface area contributed by atoms with Crippen molar-refractivity contribution in [2.75, 3.05) is 12.4 Å². The summed E-state index contributed by atoms with van der Waals surface area (Å²) in [6.45, 7) is 0. The average Bonchev–Trinajstić information content (AvgIpc) is 3.52. The molecule has 0 atom stereocenters. The molecular formula is C21H20BrClN4O4. The minimum atomic E-state index is -0.580. The van der Waals surface area contributed by atoms with E-state index in [1.807, 2.05) is 0 Å². The lowest BCUT2D eigenvalue weighted by Crippen LogP contribution is -2.30. The van der Waals surface area contributed by atoms with E-state index in [4.69, 9.17) is 26.8 Å². The van der Waals surface area contributed by atoms with Crippen molar-refractivity contribution in [1.82, 2.24) is 10.3 Å². The van der Waals surface area contributed by atoms with E-state index in [1.54, 1.807) is 42.5 Å². The molecule has 1 aliphatic carbocycles. The zero-order chi connectivity index (χ0) is 21.3. The zero-order valence-corrected chi connectivity index (χ0v) is 18.9. The lowest BCUT2D eigenvalue weighted by Gasteiger charge is -2.11. The minimum Gasteiger partial charge on any atom is -0.496 e. The number of primary amides is 1.